The van der Waals surface area contributed by atoms with Crippen molar-refractivity contribution >= 4 is 12.0 Å². The number of nitrogens with zero attached hydrogens (tertiary/aromatic N) is 1. The predicted octanol–water partition coefficient (Wildman–Crippen LogP) is 2.07. The van der Waals surface area contributed by atoms with Crippen LogP contribution >= 0.6 is 0 Å². The van der Waals surface area contributed by atoms with Crippen LogP contribution in [0.3, 0.4) is 0 Å². The molecule has 5 nitrogen and oxygen atoms in total. The van der Waals surface area contributed by atoms with Crippen molar-refractivity contribution in [2.75, 3.05) is 13.1 Å². The lowest BCUT2D eigenvalue weighted by molar-refractivity contribution is -0.137. The molecule has 0 heterocycles. The molecule has 0 aromatic heterocycles. The number of amides is 2. The predicted molar refractivity (Wildman–Crippen MR) is 69.5 cm³/mol. The highest BCUT2D eigenvalue weighted by molar-refractivity contribution is 5.80. The zero-order valence-electron chi connectivity index (χ0n) is 11.3. The monoisotopic (exact) mass is 256 g/mol. The molecular formula is C13H24N2O3. The molecule has 1 fully saturated rings. The van der Waals surface area contributed by atoms with Crippen molar-refractivity contribution < 1.29 is 14.7 Å². The number of likely N-dealkylation sites (N-methyl/N-ethyl adjacent to an activating group) is 1. The lowest BCUT2D eigenvalue weighted by atomic mass is 9.84. The second-order valence-corrected chi connectivity index (χ2v) is 5.00. The van der Waals surface area contributed by atoms with Gasteiger partial charge in [0.25, 0.3) is 0 Å². The Morgan fingerprint density at radius 1 is 1.33 bits per heavy atom. The fourth-order valence-electron chi connectivity index (χ4n) is 2.55. The Morgan fingerprint density at radius 2 is 2.06 bits per heavy atom. The average molecular weight is 256 g/mol. The van der Waals surface area contributed by atoms with Crippen molar-refractivity contribution in [1.82, 2.24) is 10.2 Å². The third kappa shape index (κ3) is 4.55. The molecule has 0 spiro atoms. The summed E-state index contributed by atoms with van der Waals surface area (Å²) in [6.07, 6.45) is 5.57. The number of carbonyl (C=O) groups is 2. The van der Waals surface area contributed by atoms with Gasteiger partial charge >= 0.3 is 12.0 Å². The molecule has 1 aliphatic carbocycles. The third-order valence-corrected chi connectivity index (χ3v) is 3.68. The molecule has 1 aliphatic rings. The van der Waals surface area contributed by atoms with Crippen molar-refractivity contribution in [2.45, 2.75) is 52.0 Å². The summed E-state index contributed by atoms with van der Waals surface area (Å²) in [5.74, 6) is -0.277. The molecule has 2 amide bonds. The summed E-state index contributed by atoms with van der Waals surface area (Å²) in [5, 5.41) is 11.7. The van der Waals surface area contributed by atoms with Gasteiger partial charge < -0.3 is 15.3 Å². The minimum absolute atomic E-state index is 0.207. The summed E-state index contributed by atoms with van der Waals surface area (Å²) in [5.41, 5.74) is 0. The van der Waals surface area contributed by atoms with E-state index in [4.69, 9.17) is 5.11 Å². The van der Waals surface area contributed by atoms with E-state index in [9.17, 15) is 9.59 Å². The molecule has 0 radical (unpaired) electrons. The summed E-state index contributed by atoms with van der Waals surface area (Å²) in [7, 11) is 0. The topological polar surface area (TPSA) is 69.6 Å². The normalized spacial score (nSPS) is 23.4. The first-order valence-electron chi connectivity index (χ1n) is 6.84. The van der Waals surface area contributed by atoms with Crippen LogP contribution in [0.4, 0.5) is 4.79 Å². The maximum atomic E-state index is 11.9. The second-order valence-electron chi connectivity index (χ2n) is 5.00. The first-order chi connectivity index (χ1) is 8.56. The van der Waals surface area contributed by atoms with E-state index in [1.54, 1.807) is 6.92 Å². The summed E-state index contributed by atoms with van der Waals surface area (Å²) >= 11 is 0. The minimum atomic E-state index is -0.970. The highest BCUT2D eigenvalue weighted by atomic mass is 16.4. The zero-order valence-corrected chi connectivity index (χ0v) is 11.3. The Hall–Kier alpha value is -1.26. The highest BCUT2D eigenvalue weighted by Gasteiger charge is 2.24. The number of carboxylic acids is 1. The van der Waals surface area contributed by atoms with Crippen molar-refractivity contribution in [3.63, 3.8) is 0 Å². The number of rotatable bonds is 5. The van der Waals surface area contributed by atoms with Gasteiger partial charge in [0.2, 0.25) is 0 Å². The highest BCUT2D eigenvalue weighted by Crippen LogP contribution is 2.26. The van der Waals surface area contributed by atoms with Crippen LogP contribution in [-0.4, -0.2) is 41.1 Å². The van der Waals surface area contributed by atoms with Crippen molar-refractivity contribution in [2.24, 2.45) is 5.92 Å². The largest absolute Gasteiger partial charge is 0.480 e. The second kappa shape index (κ2) is 7.24. The van der Waals surface area contributed by atoms with Gasteiger partial charge in [-0.15, -0.1) is 0 Å². The third-order valence-electron chi connectivity index (χ3n) is 3.68. The van der Waals surface area contributed by atoms with Gasteiger partial charge in [-0.05, 0) is 25.7 Å². The maximum absolute atomic E-state index is 11.9. The van der Waals surface area contributed by atoms with Crippen molar-refractivity contribution in [1.29, 1.82) is 0 Å². The number of urea groups is 1. The summed E-state index contributed by atoms with van der Waals surface area (Å²) in [6, 6.07) is -0.0410. The van der Waals surface area contributed by atoms with E-state index in [-0.39, 0.29) is 18.6 Å². The van der Waals surface area contributed by atoms with Gasteiger partial charge in [-0.3, -0.25) is 4.79 Å². The Balaban J connectivity index is 2.44. The Morgan fingerprint density at radius 3 is 2.61 bits per heavy atom. The van der Waals surface area contributed by atoms with Gasteiger partial charge in [0, 0.05) is 12.6 Å². The fraction of sp³-hybridized carbons (Fsp3) is 0.846. The maximum Gasteiger partial charge on any atom is 0.323 e. The van der Waals surface area contributed by atoms with Crippen molar-refractivity contribution in [3.8, 4) is 0 Å². The Labute approximate surface area is 109 Å². The molecule has 1 saturated carbocycles. The van der Waals surface area contributed by atoms with Crippen LogP contribution in [0.25, 0.3) is 0 Å². The molecule has 2 atom stereocenters. The summed E-state index contributed by atoms with van der Waals surface area (Å²) < 4.78 is 0. The summed E-state index contributed by atoms with van der Waals surface area (Å²) in [6.45, 7) is 4.16. The average Bonchev–Trinajstić information content (AvgIpc) is 2.35. The summed E-state index contributed by atoms with van der Waals surface area (Å²) in [4.78, 5) is 23.9. The van der Waals surface area contributed by atoms with Crippen LogP contribution < -0.4 is 5.32 Å². The van der Waals surface area contributed by atoms with Crippen LogP contribution in [0.15, 0.2) is 0 Å². The standard InChI is InChI=1S/C13H24N2O3/c1-3-10-6-5-7-11(8-10)14-13(18)15(4-2)9-12(16)17/h10-11H,3-9H2,1-2H3,(H,14,18)(H,16,17). The quantitative estimate of drug-likeness (QED) is 0.791. The van der Waals surface area contributed by atoms with E-state index in [0.717, 1.165) is 25.7 Å². The molecule has 0 bridgehead atoms. The molecule has 1 rings (SSSR count). The van der Waals surface area contributed by atoms with Gasteiger partial charge in [0.1, 0.15) is 6.54 Å². The number of nitrogens with one attached hydrogen (secondary N) is 1. The van der Waals surface area contributed by atoms with Gasteiger partial charge in [0.05, 0.1) is 0 Å². The first kappa shape index (κ1) is 14.8. The number of aliphatic carboxylic acids is 1. The number of carbonyl (C=O) groups excluding carboxylic acids is 1. The van der Waals surface area contributed by atoms with E-state index in [1.165, 1.54) is 11.3 Å². The number of hydrogen-bond acceptors (Lipinski definition) is 2. The number of hydrogen-bond donors (Lipinski definition) is 2. The molecule has 2 unspecified atom stereocenters. The van der Waals surface area contributed by atoms with E-state index < -0.39 is 5.97 Å². The van der Waals surface area contributed by atoms with Gasteiger partial charge in [-0.1, -0.05) is 26.2 Å². The van der Waals surface area contributed by atoms with Crippen LogP contribution in [0, 0.1) is 5.92 Å². The van der Waals surface area contributed by atoms with E-state index in [0.29, 0.717) is 12.5 Å². The van der Waals surface area contributed by atoms with E-state index >= 15 is 0 Å². The van der Waals surface area contributed by atoms with E-state index in [2.05, 4.69) is 12.2 Å². The van der Waals surface area contributed by atoms with Gasteiger partial charge in [-0.2, -0.15) is 0 Å². The molecule has 0 aromatic rings. The molecule has 18 heavy (non-hydrogen) atoms. The van der Waals surface area contributed by atoms with Crippen molar-refractivity contribution in [3.05, 3.63) is 0 Å². The SMILES string of the molecule is CCC1CCCC(NC(=O)N(CC)CC(=O)O)C1. The van der Waals surface area contributed by atoms with Crippen LogP contribution in [0.1, 0.15) is 46.0 Å². The molecule has 0 aromatic carbocycles. The molecule has 5 heteroatoms. The molecule has 0 saturated heterocycles. The molecule has 104 valence electrons. The Bertz CT molecular complexity index is 294. The zero-order chi connectivity index (χ0) is 13.5. The lowest BCUT2D eigenvalue weighted by Gasteiger charge is -2.31. The Kier molecular flexibility index (Phi) is 5.95. The van der Waals surface area contributed by atoms with Crippen LogP contribution in [0.2, 0.25) is 0 Å². The molecule has 0 aliphatic heterocycles. The smallest absolute Gasteiger partial charge is 0.323 e. The van der Waals surface area contributed by atoms with E-state index in [1.807, 2.05) is 0 Å². The van der Waals surface area contributed by atoms with Gasteiger partial charge in [0.15, 0.2) is 0 Å². The number of carboxylic acid groups (broad SMARTS) is 1. The van der Waals surface area contributed by atoms with Gasteiger partial charge in [-0.25, -0.2) is 4.79 Å². The lowest BCUT2D eigenvalue weighted by Crippen LogP contribution is -2.47. The van der Waals surface area contributed by atoms with Crippen LogP contribution in [0.5, 0.6) is 0 Å². The first-order valence-corrected chi connectivity index (χ1v) is 6.84. The van der Waals surface area contributed by atoms with Crippen LogP contribution in [-0.2, 0) is 4.79 Å². The molecule has 2 N–H and O–H groups in total. The minimum Gasteiger partial charge on any atom is -0.480 e. The molecular weight excluding hydrogens is 232 g/mol. The fourth-order valence-corrected chi connectivity index (χ4v) is 2.55.